The normalized spacial score (nSPS) is 18.4. The van der Waals surface area contributed by atoms with Gasteiger partial charge in [0.1, 0.15) is 5.60 Å². The second kappa shape index (κ2) is 8.39. The second-order valence-electron chi connectivity index (χ2n) is 7.48. The summed E-state index contributed by atoms with van der Waals surface area (Å²) in [5.74, 6) is 0. The number of amides is 1. The number of hydroxylamine groups is 2. The van der Waals surface area contributed by atoms with Crippen LogP contribution in [0.15, 0.2) is 53.7 Å². The standard InChI is InChI=1S/C21H19ClF3N3O3/c22-16-7-6-15(21(23,24)25)12-17(16)26-19(29)30-28-10-8-20(9-11-28)13-18(27-31-20)14-4-2-1-3-5-14/h1-7,12H,8-11,13H2,(H,26,29). The maximum Gasteiger partial charge on any atom is 0.430 e. The number of carbonyl (C=O) groups is 1. The molecule has 6 nitrogen and oxygen atoms in total. The van der Waals surface area contributed by atoms with Gasteiger partial charge in [-0.15, -0.1) is 5.06 Å². The Kier molecular flexibility index (Phi) is 5.81. The van der Waals surface area contributed by atoms with Crippen LogP contribution in [0.5, 0.6) is 0 Å². The van der Waals surface area contributed by atoms with Gasteiger partial charge in [-0.3, -0.25) is 5.32 Å². The smallest absolute Gasteiger partial charge is 0.388 e. The number of benzene rings is 2. The number of nitrogens with one attached hydrogen (secondary N) is 1. The van der Waals surface area contributed by atoms with Crippen molar-refractivity contribution in [3.05, 3.63) is 64.7 Å². The van der Waals surface area contributed by atoms with Crippen molar-refractivity contribution in [3.63, 3.8) is 0 Å². The molecule has 2 heterocycles. The molecule has 1 amide bonds. The monoisotopic (exact) mass is 453 g/mol. The maximum absolute atomic E-state index is 12.9. The number of anilines is 1. The molecule has 0 aromatic heterocycles. The summed E-state index contributed by atoms with van der Waals surface area (Å²) < 4.78 is 38.6. The first-order chi connectivity index (χ1) is 14.7. The molecule has 2 aromatic rings. The molecule has 1 spiro atoms. The highest BCUT2D eigenvalue weighted by Crippen LogP contribution is 2.37. The molecule has 0 radical (unpaired) electrons. The Bertz CT molecular complexity index is 990. The molecule has 10 heteroatoms. The van der Waals surface area contributed by atoms with Gasteiger partial charge < -0.3 is 9.68 Å². The predicted octanol–water partition coefficient (Wildman–Crippen LogP) is 5.48. The summed E-state index contributed by atoms with van der Waals surface area (Å²) in [6, 6.07) is 12.4. The summed E-state index contributed by atoms with van der Waals surface area (Å²) in [6.07, 6.45) is -3.62. The van der Waals surface area contributed by atoms with Gasteiger partial charge in [0.15, 0.2) is 0 Å². The molecule has 0 aliphatic carbocycles. The van der Waals surface area contributed by atoms with E-state index < -0.39 is 23.4 Å². The SMILES string of the molecule is O=C(Nc1cc(C(F)(F)F)ccc1Cl)ON1CCC2(CC1)CC(c1ccccc1)=NO2. The predicted molar refractivity (Wildman–Crippen MR) is 109 cm³/mol. The molecular weight excluding hydrogens is 435 g/mol. The summed E-state index contributed by atoms with van der Waals surface area (Å²) >= 11 is 5.90. The third-order valence-corrected chi connectivity index (χ3v) is 5.65. The number of hydrogen-bond donors (Lipinski definition) is 1. The fourth-order valence-electron chi connectivity index (χ4n) is 3.61. The minimum absolute atomic E-state index is 0.0208. The van der Waals surface area contributed by atoms with E-state index in [-0.39, 0.29) is 10.7 Å². The van der Waals surface area contributed by atoms with Crippen LogP contribution in [0.2, 0.25) is 5.02 Å². The Labute approximate surface area is 181 Å². The first-order valence-corrected chi connectivity index (χ1v) is 10.0. The topological polar surface area (TPSA) is 63.2 Å². The summed E-state index contributed by atoms with van der Waals surface area (Å²) in [4.78, 5) is 23.2. The Balaban J connectivity index is 1.30. The number of rotatable bonds is 3. The van der Waals surface area contributed by atoms with Crippen LogP contribution in [-0.4, -0.2) is 35.6 Å². The Morgan fingerprint density at radius 1 is 1.16 bits per heavy atom. The van der Waals surface area contributed by atoms with Crippen molar-refractivity contribution in [2.45, 2.75) is 31.0 Å². The third kappa shape index (κ3) is 4.94. The van der Waals surface area contributed by atoms with E-state index in [1.54, 1.807) is 0 Å². The van der Waals surface area contributed by atoms with Crippen LogP contribution in [0.4, 0.5) is 23.7 Å². The quantitative estimate of drug-likeness (QED) is 0.668. The molecule has 0 bridgehead atoms. The highest BCUT2D eigenvalue weighted by molar-refractivity contribution is 6.33. The Morgan fingerprint density at radius 2 is 1.87 bits per heavy atom. The summed E-state index contributed by atoms with van der Waals surface area (Å²) in [6.45, 7) is 0.808. The highest BCUT2D eigenvalue weighted by Gasteiger charge is 2.43. The number of piperidine rings is 1. The van der Waals surface area contributed by atoms with E-state index in [2.05, 4.69) is 10.5 Å². The van der Waals surface area contributed by atoms with Gasteiger partial charge in [0.25, 0.3) is 0 Å². The fourth-order valence-corrected chi connectivity index (χ4v) is 3.77. The van der Waals surface area contributed by atoms with Crippen molar-refractivity contribution in [2.24, 2.45) is 5.16 Å². The average Bonchev–Trinajstić information content (AvgIpc) is 3.15. The van der Waals surface area contributed by atoms with Crippen molar-refractivity contribution in [1.82, 2.24) is 5.06 Å². The molecule has 0 unspecified atom stereocenters. The number of alkyl halides is 3. The highest BCUT2D eigenvalue weighted by atomic mass is 35.5. The molecule has 2 aliphatic heterocycles. The van der Waals surface area contributed by atoms with E-state index in [1.807, 2.05) is 30.3 Å². The lowest BCUT2D eigenvalue weighted by atomic mass is 9.86. The van der Waals surface area contributed by atoms with E-state index in [4.69, 9.17) is 21.3 Å². The number of nitrogens with zero attached hydrogens (tertiary/aromatic N) is 2. The molecule has 1 fully saturated rings. The lowest BCUT2D eigenvalue weighted by molar-refractivity contribution is -0.154. The molecule has 1 N–H and O–H groups in total. The number of hydrogen-bond acceptors (Lipinski definition) is 5. The van der Waals surface area contributed by atoms with Gasteiger partial charge >= 0.3 is 12.3 Å². The molecule has 0 atom stereocenters. The summed E-state index contributed by atoms with van der Waals surface area (Å²) in [5.41, 5.74) is 0.364. The van der Waals surface area contributed by atoms with Gasteiger partial charge in [-0.1, -0.05) is 47.1 Å². The number of carbonyl (C=O) groups excluding carboxylic acids is 1. The minimum Gasteiger partial charge on any atom is -0.388 e. The van der Waals surface area contributed by atoms with Crippen LogP contribution in [-0.2, 0) is 15.9 Å². The van der Waals surface area contributed by atoms with Gasteiger partial charge in [0, 0.05) is 32.4 Å². The lowest BCUT2D eigenvalue weighted by Crippen LogP contribution is -2.45. The van der Waals surface area contributed by atoms with Crippen molar-refractivity contribution < 1.29 is 27.6 Å². The van der Waals surface area contributed by atoms with E-state index >= 15 is 0 Å². The largest absolute Gasteiger partial charge is 0.430 e. The van der Waals surface area contributed by atoms with Crippen LogP contribution in [0.3, 0.4) is 0 Å². The van der Waals surface area contributed by atoms with Crippen LogP contribution in [0.1, 0.15) is 30.4 Å². The van der Waals surface area contributed by atoms with Crippen LogP contribution < -0.4 is 5.32 Å². The molecule has 1 saturated heterocycles. The number of halogens is 4. The van der Waals surface area contributed by atoms with E-state index in [1.165, 1.54) is 5.06 Å². The zero-order valence-corrected chi connectivity index (χ0v) is 17.0. The molecule has 164 valence electrons. The van der Waals surface area contributed by atoms with Crippen LogP contribution in [0, 0.1) is 0 Å². The van der Waals surface area contributed by atoms with E-state index in [0.29, 0.717) is 32.4 Å². The zero-order chi connectivity index (χ0) is 22.1. The molecule has 4 rings (SSSR count). The van der Waals surface area contributed by atoms with Crippen molar-refractivity contribution in [3.8, 4) is 0 Å². The molecule has 31 heavy (non-hydrogen) atoms. The van der Waals surface area contributed by atoms with E-state index in [9.17, 15) is 18.0 Å². The first kappa shape index (κ1) is 21.5. The fraction of sp³-hybridized carbons (Fsp3) is 0.333. The average molecular weight is 454 g/mol. The summed E-state index contributed by atoms with van der Waals surface area (Å²) in [5, 5.41) is 7.93. The Morgan fingerprint density at radius 3 is 2.55 bits per heavy atom. The van der Waals surface area contributed by atoms with Gasteiger partial charge in [-0.05, 0) is 23.8 Å². The van der Waals surface area contributed by atoms with Crippen LogP contribution in [0.25, 0.3) is 0 Å². The molecule has 2 aliphatic rings. The number of oxime groups is 1. The van der Waals surface area contributed by atoms with Gasteiger partial charge in [-0.2, -0.15) is 13.2 Å². The van der Waals surface area contributed by atoms with Gasteiger partial charge in [0.2, 0.25) is 0 Å². The maximum atomic E-state index is 12.9. The van der Waals surface area contributed by atoms with Gasteiger partial charge in [0.05, 0.1) is 22.0 Å². The van der Waals surface area contributed by atoms with Gasteiger partial charge in [-0.25, -0.2) is 4.79 Å². The minimum atomic E-state index is -4.55. The van der Waals surface area contributed by atoms with Crippen molar-refractivity contribution in [1.29, 1.82) is 0 Å². The second-order valence-corrected chi connectivity index (χ2v) is 7.89. The Hall–Kier alpha value is -2.78. The van der Waals surface area contributed by atoms with Crippen LogP contribution >= 0.6 is 11.6 Å². The summed E-state index contributed by atoms with van der Waals surface area (Å²) in [7, 11) is 0. The molecule has 2 aromatic carbocycles. The molecule has 0 saturated carbocycles. The first-order valence-electron chi connectivity index (χ1n) is 9.65. The van der Waals surface area contributed by atoms with Crippen molar-refractivity contribution >= 4 is 29.1 Å². The zero-order valence-electron chi connectivity index (χ0n) is 16.3. The van der Waals surface area contributed by atoms with E-state index in [0.717, 1.165) is 29.5 Å². The lowest BCUT2D eigenvalue weighted by Gasteiger charge is -2.35. The third-order valence-electron chi connectivity index (χ3n) is 5.32. The van der Waals surface area contributed by atoms with Crippen molar-refractivity contribution in [2.75, 3.05) is 18.4 Å². The molecular formula is C21H19ClF3N3O3.